The van der Waals surface area contributed by atoms with E-state index in [0.29, 0.717) is 39.4 Å². The fourth-order valence-electron chi connectivity index (χ4n) is 5.87. The quantitative estimate of drug-likeness (QED) is 0.166. The van der Waals surface area contributed by atoms with Crippen LogP contribution in [0.2, 0.25) is 10.0 Å². The standard InChI is InChI=1S/C34H31Cl2F3N8/c1-34(2,3)46-10-8-23(9-11-46)47-18-30(44-45-47)32(19-4-6-21(35)7-5-19)42-22-12-24-31(20(16-40)17-41-33(24)25(36)13-22)43-29-15-27(38)26(37)14-28(29)39/h4-7,12-15,17-18,23,32,42H,8-11H2,1-3H3,(H,41,43). The Kier molecular flexibility index (Phi) is 9.03. The zero-order valence-electron chi connectivity index (χ0n) is 25.8. The van der Waals surface area contributed by atoms with E-state index in [-0.39, 0.29) is 33.5 Å². The second kappa shape index (κ2) is 13.0. The van der Waals surface area contributed by atoms with Crippen LogP contribution >= 0.6 is 23.2 Å². The van der Waals surface area contributed by atoms with Crippen molar-refractivity contribution in [2.75, 3.05) is 23.7 Å². The molecule has 2 aromatic heterocycles. The maximum atomic E-state index is 14.7. The summed E-state index contributed by atoms with van der Waals surface area (Å²) in [5.74, 6) is -3.61. The Morgan fingerprint density at radius 2 is 1.68 bits per heavy atom. The number of halogens is 5. The maximum absolute atomic E-state index is 14.7. The molecule has 0 radical (unpaired) electrons. The highest BCUT2D eigenvalue weighted by atomic mass is 35.5. The van der Waals surface area contributed by atoms with Crippen LogP contribution in [0.1, 0.15) is 62.5 Å². The van der Waals surface area contributed by atoms with E-state index in [0.717, 1.165) is 31.5 Å². The van der Waals surface area contributed by atoms with Gasteiger partial charge in [0.25, 0.3) is 0 Å². The van der Waals surface area contributed by atoms with Crippen LogP contribution in [-0.2, 0) is 0 Å². The Hall–Kier alpha value is -4.37. The molecule has 0 amide bonds. The minimum atomic E-state index is -1.33. The van der Waals surface area contributed by atoms with Crippen molar-refractivity contribution in [1.82, 2.24) is 24.9 Å². The largest absolute Gasteiger partial charge is 0.373 e. The van der Waals surface area contributed by atoms with Crippen LogP contribution in [0.3, 0.4) is 0 Å². The average molecular weight is 680 g/mol. The molecule has 0 aliphatic carbocycles. The first-order valence-corrected chi connectivity index (χ1v) is 15.8. The van der Waals surface area contributed by atoms with Gasteiger partial charge in [0.05, 0.1) is 45.8 Å². The van der Waals surface area contributed by atoms with Crippen molar-refractivity contribution in [3.05, 3.63) is 105 Å². The lowest BCUT2D eigenvalue weighted by atomic mass is 9.98. The van der Waals surface area contributed by atoms with Crippen LogP contribution < -0.4 is 10.6 Å². The van der Waals surface area contributed by atoms with Gasteiger partial charge in [0.15, 0.2) is 11.6 Å². The van der Waals surface area contributed by atoms with Crippen LogP contribution in [0.4, 0.5) is 30.2 Å². The van der Waals surface area contributed by atoms with Gasteiger partial charge in [0.1, 0.15) is 17.6 Å². The van der Waals surface area contributed by atoms with Gasteiger partial charge >= 0.3 is 0 Å². The first kappa shape index (κ1) is 32.6. The second-order valence-corrected chi connectivity index (χ2v) is 13.4. The Morgan fingerprint density at radius 3 is 2.36 bits per heavy atom. The smallest absolute Gasteiger partial charge is 0.161 e. The minimum Gasteiger partial charge on any atom is -0.373 e. The number of nitriles is 1. The lowest BCUT2D eigenvalue weighted by Crippen LogP contribution is -2.46. The van der Waals surface area contributed by atoms with E-state index in [1.165, 1.54) is 6.20 Å². The van der Waals surface area contributed by atoms with Crippen molar-refractivity contribution >= 4 is 51.2 Å². The van der Waals surface area contributed by atoms with Gasteiger partial charge in [-0.05, 0) is 63.4 Å². The predicted octanol–water partition coefficient (Wildman–Crippen LogP) is 8.80. The molecule has 1 saturated heterocycles. The summed E-state index contributed by atoms with van der Waals surface area (Å²) < 4.78 is 44.3. The number of nitrogens with zero attached hydrogens (tertiary/aromatic N) is 6. The van der Waals surface area contributed by atoms with Crippen LogP contribution in [0, 0.1) is 28.8 Å². The van der Waals surface area contributed by atoms with Gasteiger partial charge in [-0.15, -0.1) is 5.10 Å². The van der Waals surface area contributed by atoms with E-state index < -0.39 is 23.5 Å². The normalized spacial score (nSPS) is 15.0. The molecule has 0 saturated carbocycles. The number of hydrogen-bond donors (Lipinski definition) is 2. The van der Waals surface area contributed by atoms with Crippen molar-refractivity contribution in [1.29, 1.82) is 5.26 Å². The molecule has 1 unspecified atom stereocenters. The Bertz CT molecular complexity index is 1980. The number of likely N-dealkylation sites (tertiary alicyclic amines) is 1. The SMILES string of the molecule is CC(C)(C)N1CCC(n2cc(C(Nc3cc(Cl)c4ncc(C#N)c(Nc5cc(F)c(F)cc5F)c4c3)c3ccc(Cl)cc3)nn2)CC1. The Morgan fingerprint density at radius 1 is 0.979 bits per heavy atom. The summed E-state index contributed by atoms with van der Waals surface area (Å²) in [6.07, 6.45) is 5.12. The molecule has 8 nitrogen and oxygen atoms in total. The van der Waals surface area contributed by atoms with Crippen molar-refractivity contribution < 1.29 is 13.2 Å². The van der Waals surface area contributed by atoms with Gasteiger partial charge in [-0.3, -0.25) is 9.88 Å². The van der Waals surface area contributed by atoms with Crippen molar-refractivity contribution in [2.45, 2.75) is 51.2 Å². The van der Waals surface area contributed by atoms with Crippen molar-refractivity contribution in [3.8, 4) is 6.07 Å². The molecule has 1 aliphatic rings. The van der Waals surface area contributed by atoms with Gasteiger partial charge in [0.2, 0.25) is 0 Å². The van der Waals surface area contributed by atoms with Crippen molar-refractivity contribution in [3.63, 3.8) is 0 Å². The lowest BCUT2D eigenvalue weighted by Gasteiger charge is -2.40. The van der Waals surface area contributed by atoms with Gasteiger partial charge in [0, 0.05) is 53.1 Å². The Labute approximate surface area is 280 Å². The number of nitrogens with one attached hydrogen (secondary N) is 2. The third-order valence-corrected chi connectivity index (χ3v) is 8.98. The number of pyridine rings is 1. The van der Waals surface area contributed by atoms with Gasteiger partial charge in [-0.25, -0.2) is 17.9 Å². The fourth-order valence-corrected chi connectivity index (χ4v) is 6.26. The summed E-state index contributed by atoms with van der Waals surface area (Å²) in [6, 6.07) is 13.6. The lowest BCUT2D eigenvalue weighted by molar-refractivity contribution is 0.0866. The Balaban J connectivity index is 1.37. The molecule has 3 heterocycles. The molecule has 242 valence electrons. The fraction of sp³-hybridized carbons (Fsp3) is 0.294. The molecule has 6 rings (SSSR count). The molecule has 0 spiro atoms. The van der Waals surface area contributed by atoms with Gasteiger partial charge in [-0.1, -0.05) is 40.5 Å². The van der Waals surface area contributed by atoms with E-state index in [4.69, 9.17) is 23.2 Å². The number of anilines is 3. The van der Waals surface area contributed by atoms with E-state index in [1.54, 1.807) is 24.3 Å². The van der Waals surface area contributed by atoms with E-state index in [1.807, 2.05) is 29.1 Å². The average Bonchev–Trinajstić information content (AvgIpc) is 3.53. The van der Waals surface area contributed by atoms with Gasteiger partial charge < -0.3 is 10.6 Å². The van der Waals surface area contributed by atoms with E-state index in [2.05, 4.69) is 51.6 Å². The number of hydrogen-bond acceptors (Lipinski definition) is 7. The van der Waals surface area contributed by atoms with Gasteiger partial charge in [-0.2, -0.15) is 5.26 Å². The first-order valence-electron chi connectivity index (χ1n) is 15.0. The summed E-state index contributed by atoms with van der Waals surface area (Å²) in [4.78, 5) is 6.81. The van der Waals surface area contributed by atoms with Crippen molar-refractivity contribution in [2.24, 2.45) is 0 Å². The van der Waals surface area contributed by atoms with Crippen LogP contribution in [0.15, 0.2) is 60.9 Å². The molecule has 1 aliphatic heterocycles. The molecular formula is C34H31Cl2F3N8. The third kappa shape index (κ3) is 6.86. The molecular weight excluding hydrogens is 648 g/mol. The summed E-state index contributed by atoms with van der Waals surface area (Å²) in [5.41, 5.74) is 2.28. The number of piperidine rings is 1. The summed E-state index contributed by atoms with van der Waals surface area (Å²) >= 11 is 12.9. The second-order valence-electron chi connectivity index (χ2n) is 12.5. The number of aromatic nitrogens is 4. The van der Waals surface area contributed by atoms with Crippen LogP contribution in [0.5, 0.6) is 0 Å². The number of rotatable bonds is 7. The summed E-state index contributed by atoms with van der Waals surface area (Å²) in [5, 5.41) is 26.3. The first-order chi connectivity index (χ1) is 22.4. The molecule has 2 N–H and O–H groups in total. The van der Waals surface area contributed by atoms with E-state index >= 15 is 0 Å². The zero-order chi connectivity index (χ0) is 33.5. The third-order valence-electron chi connectivity index (χ3n) is 8.44. The predicted molar refractivity (Wildman–Crippen MR) is 178 cm³/mol. The maximum Gasteiger partial charge on any atom is 0.161 e. The molecule has 1 fully saturated rings. The highest BCUT2D eigenvalue weighted by molar-refractivity contribution is 6.36. The summed E-state index contributed by atoms with van der Waals surface area (Å²) in [7, 11) is 0. The molecule has 0 bridgehead atoms. The monoisotopic (exact) mass is 678 g/mol. The highest BCUT2D eigenvalue weighted by Crippen LogP contribution is 2.38. The van der Waals surface area contributed by atoms with Crippen LogP contribution in [0.25, 0.3) is 10.9 Å². The minimum absolute atomic E-state index is 0.0459. The highest BCUT2D eigenvalue weighted by Gasteiger charge is 2.29. The van der Waals surface area contributed by atoms with Crippen LogP contribution in [-0.4, -0.2) is 43.5 Å². The zero-order valence-corrected chi connectivity index (χ0v) is 27.3. The molecule has 5 aromatic rings. The topological polar surface area (TPSA) is 94.7 Å². The number of fused-ring (bicyclic) bond motifs is 1. The summed E-state index contributed by atoms with van der Waals surface area (Å²) in [6.45, 7) is 8.58. The molecule has 1 atom stereocenters. The molecule has 13 heteroatoms. The molecule has 3 aromatic carbocycles. The molecule has 47 heavy (non-hydrogen) atoms. The number of benzene rings is 3. The van der Waals surface area contributed by atoms with E-state index in [9.17, 15) is 18.4 Å².